The summed E-state index contributed by atoms with van der Waals surface area (Å²) < 4.78 is 29.5. The summed E-state index contributed by atoms with van der Waals surface area (Å²) in [4.78, 5) is 28.0. The van der Waals surface area contributed by atoms with E-state index in [1.165, 1.54) is 6.07 Å². The van der Waals surface area contributed by atoms with E-state index in [4.69, 9.17) is 0 Å². The Morgan fingerprint density at radius 3 is 2.13 bits per heavy atom. The molecule has 0 unspecified atom stereocenters. The van der Waals surface area contributed by atoms with Crippen molar-refractivity contribution in [2.75, 3.05) is 17.8 Å². The average molecular weight is 425 g/mol. The summed E-state index contributed by atoms with van der Waals surface area (Å²) in [6.45, 7) is 4.81. The lowest BCUT2D eigenvalue weighted by atomic mass is 9.91. The molecule has 1 saturated heterocycles. The van der Waals surface area contributed by atoms with Crippen molar-refractivity contribution in [2.24, 2.45) is 0 Å². The van der Waals surface area contributed by atoms with Crippen LogP contribution in [0.5, 0.6) is 0 Å². The molecule has 1 heterocycles. The molecule has 0 radical (unpaired) electrons. The lowest BCUT2D eigenvalue weighted by Crippen LogP contribution is -2.40. The molecule has 6 nitrogen and oxygen atoms in total. The molecule has 2 aliphatic rings. The summed E-state index contributed by atoms with van der Waals surface area (Å²) in [6, 6.07) is 11.7. The number of hydrogen-bond donors (Lipinski definition) is 1. The molecule has 0 atom stereocenters. The van der Waals surface area contributed by atoms with E-state index >= 15 is 0 Å². The summed E-state index contributed by atoms with van der Waals surface area (Å²) in [5.74, 6) is -1.04. The van der Waals surface area contributed by atoms with Crippen molar-refractivity contribution in [2.45, 2.75) is 33.1 Å². The first-order chi connectivity index (χ1) is 14.3. The number of ketones is 2. The highest BCUT2D eigenvalue weighted by molar-refractivity contribution is 7.97. The number of carbonyl (C=O) groups excluding carboxylic acids is 2. The predicted molar refractivity (Wildman–Crippen MR) is 116 cm³/mol. The van der Waals surface area contributed by atoms with Gasteiger partial charge in [0.2, 0.25) is 11.6 Å². The first-order valence-corrected chi connectivity index (χ1v) is 11.6. The zero-order valence-electron chi connectivity index (χ0n) is 17.1. The third-order valence-corrected chi connectivity index (χ3v) is 7.25. The maximum atomic E-state index is 13.5. The molecule has 0 aromatic heterocycles. The van der Waals surface area contributed by atoms with Crippen molar-refractivity contribution in [3.63, 3.8) is 0 Å². The van der Waals surface area contributed by atoms with E-state index in [0.29, 0.717) is 18.8 Å². The van der Waals surface area contributed by atoms with Crippen molar-refractivity contribution in [3.8, 4) is 0 Å². The van der Waals surface area contributed by atoms with Crippen LogP contribution in [0.3, 0.4) is 0 Å². The number of allylic oxidation sites excluding steroid dienone is 2. The number of rotatable bonds is 4. The Morgan fingerprint density at radius 2 is 1.47 bits per heavy atom. The molecular formula is C23H24N2O4S. The van der Waals surface area contributed by atoms with Crippen molar-refractivity contribution >= 4 is 27.3 Å². The molecule has 1 N–H and O–H groups in total. The Hall–Kier alpha value is -2.93. The summed E-state index contributed by atoms with van der Waals surface area (Å²) in [6.07, 6.45) is 2.72. The van der Waals surface area contributed by atoms with Gasteiger partial charge in [-0.2, -0.15) is 0 Å². The molecule has 1 aliphatic carbocycles. The lowest BCUT2D eigenvalue weighted by molar-refractivity contribution is 0.0939. The van der Waals surface area contributed by atoms with Gasteiger partial charge in [0.15, 0.2) is 4.91 Å². The molecular weight excluding hydrogens is 400 g/mol. The number of sulfonamides is 1. The zero-order chi connectivity index (χ0) is 21.5. The first-order valence-electron chi connectivity index (χ1n) is 10.1. The van der Waals surface area contributed by atoms with Crippen molar-refractivity contribution in [3.05, 3.63) is 75.3 Å². The molecule has 30 heavy (non-hydrogen) atoms. The van der Waals surface area contributed by atoms with E-state index in [-0.39, 0.29) is 16.8 Å². The second-order valence-corrected chi connectivity index (χ2v) is 9.40. The van der Waals surface area contributed by atoms with Crippen LogP contribution >= 0.6 is 0 Å². The summed E-state index contributed by atoms with van der Waals surface area (Å²) in [5, 5.41) is 0. The maximum absolute atomic E-state index is 13.5. The third-order valence-electron chi connectivity index (χ3n) is 5.84. The fraction of sp³-hybridized carbons (Fsp3) is 0.304. The summed E-state index contributed by atoms with van der Waals surface area (Å²) in [7, 11) is -4.28. The minimum absolute atomic E-state index is 0.00351. The van der Waals surface area contributed by atoms with Crippen LogP contribution in [0.15, 0.2) is 53.1 Å². The third kappa shape index (κ3) is 3.43. The van der Waals surface area contributed by atoms with Crippen LogP contribution in [0.4, 0.5) is 5.69 Å². The van der Waals surface area contributed by atoms with Gasteiger partial charge in [0.05, 0.1) is 5.69 Å². The van der Waals surface area contributed by atoms with E-state index in [0.717, 1.165) is 30.4 Å². The van der Waals surface area contributed by atoms with Crippen LogP contribution in [-0.2, 0) is 10.0 Å². The van der Waals surface area contributed by atoms with Gasteiger partial charge in [-0.15, -0.1) is 0 Å². The van der Waals surface area contributed by atoms with Gasteiger partial charge in [-0.25, -0.2) is 8.42 Å². The molecule has 2 aromatic carbocycles. The predicted octanol–water partition coefficient (Wildman–Crippen LogP) is 3.82. The molecule has 0 spiro atoms. The smallest absolute Gasteiger partial charge is 0.268 e. The Balaban J connectivity index is 1.88. The first kappa shape index (κ1) is 20.3. The highest BCUT2D eigenvalue weighted by Crippen LogP contribution is 2.34. The van der Waals surface area contributed by atoms with Gasteiger partial charge in [0, 0.05) is 24.2 Å². The molecule has 4 rings (SSSR count). The van der Waals surface area contributed by atoms with Gasteiger partial charge in [-0.3, -0.25) is 14.3 Å². The van der Waals surface area contributed by atoms with Gasteiger partial charge in [-0.1, -0.05) is 36.4 Å². The average Bonchev–Trinajstić information content (AvgIpc) is 2.74. The number of Topliss-reactive ketones (excluding diaryl/α,β-unsaturated/α-hetero) is 2. The van der Waals surface area contributed by atoms with Crippen LogP contribution in [-0.4, -0.2) is 38.0 Å². The Morgan fingerprint density at radius 1 is 0.833 bits per heavy atom. The van der Waals surface area contributed by atoms with Gasteiger partial charge in [0.25, 0.3) is 10.0 Å². The Kier molecular flexibility index (Phi) is 5.24. The molecule has 156 valence electrons. The minimum Gasteiger partial charge on any atom is -0.367 e. The Labute approximate surface area is 176 Å². The topological polar surface area (TPSA) is 83.6 Å². The number of likely N-dealkylation sites (tertiary alicyclic amines) is 1. The number of aryl methyl sites for hydroxylation is 1. The molecule has 2 aromatic rings. The number of nitrogens with one attached hydrogen (secondary N) is 1. The van der Waals surface area contributed by atoms with Crippen LogP contribution < -0.4 is 4.72 Å². The minimum atomic E-state index is -4.28. The Bertz CT molecular complexity index is 1180. The molecule has 1 fully saturated rings. The second kappa shape index (κ2) is 7.72. The van der Waals surface area contributed by atoms with Crippen molar-refractivity contribution < 1.29 is 18.0 Å². The lowest BCUT2D eigenvalue weighted by Gasteiger charge is -2.33. The van der Waals surface area contributed by atoms with Crippen LogP contribution in [0.2, 0.25) is 0 Å². The van der Waals surface area contributed by atoms with Crippen molar-refractivity contribution in [1.82, 2.24) is 4.90 Å². The molecule has 0 amide bonds. The van der Waals surface area contributed by atoms with Crippen LogP contribution in [0.25, 0.3) is 0 Å². The quantitative estimate of drug-likeness (QED) is 0.807. The summed E-state index contributed by atoms with van der Waals surface area (Å²) >= 11 is 0. The van der Waals surface area contributed by atoms with Crippen LogP contribution in [0.1, 0.15) is 51.1 Å². The maximum Gasteiger partial charge on any atom is 0.268 e. The standard InChI is InChI=1S/C23H24N2O4S/c1-15-9-8-12-19(16(15)2)24-30(28,29)23-20(25-13-6-3-7-14-25)21(26)17-10-4-5-11-18(17)22(23)27/h4-5,8-12,24H,3,6-7,13-14H2,1-2H3. The number of benzene rings is 2. The van der Waals surface area contributed by atoms with E-state index < -0.39 is 26.5 Å². The van der Waals surface area contributed by atoms with E-state index in [1.54, 1.807) is 35.2 Å². The SMILES string of the molecule is Cc1cccc(NS(=O)(=O)C2=C(N3CCCCC3)C(=O)c3ccccc3C2=O)c1C. The number of anilines is 1. The highest BCUT2D eigenvalue weighted by Gasteiger charge is 2.41. The fourth-order valence-electron chi connectivity index (χ4n) is 4.05. The van der Waals surface area contributed by atoms with Gasteiger partial charge in [-0.05, 0) is 50.3 Å². The molecule has 0 saturated carbocycles. The summed E-state index contributed by atoms with van der Waals surface area (Å²) in [5.41, 5.74) is 2.49. The number of piperidine rings is 1. The molecule has 7 heteroatoms. The van der Waals surface area contributed by atoms with Crippen LogP contribution in [0, 0.1) is 13.8 Å². The number of carbonyl (C=O) groups is 2. The highest BCUT2D eigenvalue weighted by atomic mass is 32.2. The van der Waals surface area contributed by atoms with E-state index in [1.807, 2.05) is 19.9 Å². The van der Waals surface area contributed by atoms with Gasteiger partial charge in [0.1, 0.15) is 5.70 Å². The number of nitrogens with zero attached hydrogens (tertiary/aromatic N) is 1. The van der Waals surface area contributed by atoms with Gasteiger partial charge >= 0.3 is 0 Å². The van der Waals surface area contributed by atoms with Gasteiger partial charge < -0.3 is 4.90 Å². The number of fused-ring (bicyclic) bond motifs is 1. The second-order valence-electron chi connectivity index (χ2n) is 7.78. The normalized spacial score (nSPS) is 17.2. The monoisotopic (exact) mass is 424 g/mol. The number of hydrogen-bond acceptors (Lipinski definition) is 5. The molecule has 1 aliphatic heterocycles. The molecule has 0 bridgehead atoms. The van der Waals surface area contributed by atoms with E-state index in [9.17, 15) is 18.0 Å². The van der Waals surface area contributed by atoms with E-state index in [2.05, 4.69) is 4.72 Å². The largest absolute Gasteiger partial charge is 0.367 e. The fourth-order valence-corrected chi connectivity index (χ4v) is 5.49. The van der Waals surface area contributed by atoms with Crippen molar-refractivity contribution in [1.29, 1.82) is 0 Å². The zero-order valence-corrected chi connectivity index (χ0v) is 17.9.